The summed E-state index contributed by atoms with van der Waals surface area (Å²) in [7, 11) is 0. The molecule has 0 saturated carbocycles. The Bertz CT molecular complexity index is 327. The maximum atomic E-state index is 5.77. The minimum atomic E-state index is -0.0340. The van der Waals surface area contributed by atoms with Crippen LogP contribution in [0.1, 0.15) is 50.2 Å². The van der Waals surface area contributed by atoms with E-state index in [2.05, 4.69) is 16.8 Å². The van der Waals surface area contributed by atoms with Crippen LogP contribution >= 0.6 is 0 Å². The molecule has 0 bridgehead atoms. The molecule has 16 heavy (non-hydrogen) atoms. The zero-order chi connectivity index (χ0) is 11.5. The predicted octanol–water partition coefficient (Wildman–Crippen LogP) is 1.89. The molecule has 90 valence electrons. The van der Waals surface area contributed by atoms with Gasteiger partial charge in [0.15, 0.2) is 5.89 Å². The number of hydrogen-bond acceptors (Lipinski definition) is 4. The average Bonchev–Trinajstić information content (AvgIpc) is 2.78. The van der Waals surface area contributed by atoms with E-state index in [1.807, 2.05) is 6.92 Å². The van der Waals surface area contributed by atoms with Crippen molar-refractivity contribution in [2.24, 2.45) is 5.73 Å². The first kappa shape index (κ1) is 11.6. The van der Waals surface area contributed by atoms with Gasteiger partial charge in [-0.3, -0.25) is 0 Å². The lowest BCUT2D eigenvalue weighted by Gasteiger charge is -2.29. The highest BCUT2D eigenvalue weighted by Gasteiger charge is 2.23. The van der Waals surface area contributed by atoms with Gasteiger partial charge in [-0.15, -0.1) is 0 Å². The molecule has 2 N–H and O–H groups in total. The van der Waals surface area contributed by atoms with E-state index in [1.165, 1.54) is 0 Å². The number of rotatable bonds is 3. The van der Waals surface area contributed by atoms with Crippen molar-refractivity contribution in [1.29, 1.82) is 0 Å². The molecule has 2 heterocycles. The summed E-state index contributed by atoms with van der Waals surface area (Å²) < 4.78 is 5.52. The summed E-state index contributed by atoms with van der Waals surface area (Å²) in [4.78, 5) is 6.94. The molecule has 1 aliphatic heterocycles. The van der Waals surface area contributed by atoms with Gasteiger partial charge in [0.2, 0.25) is 0 Å². The molecule has 1 atom stereocenters. The minimum absolute atomic E-state index is 0.0340. The van der Waals surface area contributed by atoms with E-state index < -0.39 is 0 Å². The molecule has 1 aromatic rings. The molecule has 0 amide bonds. The van der Waals surface area contributed by atoms with Crippen LogP contribution in [0, 0.1) is 0 Å². The van der Waals surface area contributed by atoms with E-state index in [4.69, 9.17) is 10.2 Å². The Kier molecular flexibility index (Phi) is 3.61. The van der Waals surface area contributed by atoms with Crippen LogP contribution in [0.2, 0.25) is 0 Å². The van der Waals surface area contributed by atoms with Crippen LogP contribution in [-0.2, 0) is 0 Å². The standard InChI is InChI=1S/C12H21N3O/c1-3-15-6-4-10(5-7-15)12-14-11(8-16-12)9(2)13/h8-10H,3-7,13H2,1-2H3. The maximum absolute atomic E-state index is 5.77. The summed E-state index contributed by atoms with van der Waals surface area (Å²) in [6.07, 6.45) is 3.99. The van der Waals surface area contributed by atoms with Crippen molar-refractivity contribution >= 4 is 0 Å². The van der Waals surface area contributed by atoms with E-state index in [-0.39, 0.29) is 6.04 Å². The maximum Gasteiger partial charge on any atom is 0.197 e. The highest BCUT2D eigenvalue weighted by molar-refractivity contribution is 5.05. The van der Waals surface area contributed by atoms with Gasteiger partial charge in [0.25, 0.3) is 0 Å². The summed E-state index contributed by atoms with van der Waals surface area (Å²) in [5.41, 5.74) is 6.64. The fourth-order valence-electron chi connectivity index (χ4n) is 2.19. The summed E-state index contributed by atoms with van der Waals surface area (Å²) >= 11 is 0. The van der Waals surface area contributed by atoms with Crippen molar-refractivity contribution in [2.45, 2.75) is 38.6 Å². The van der Waals surface area contributed by atoms with Crippen molar-refractivity contribution in [3.63, 3.8) is 0 Å². The lowest BCUT2D eigenvalue weighted by molar-refractivity contribution is 0.208. The fraction of sp³-hybridized carbons (Fsp3) is 0.750. The molecule has 1 saturated heterocycles. The Balaban J connectivity index is 1.97. The second-order valence-corrected chi connectivity index (χ2v) is 4.61. The van der Waals surface area contributed by atoms with Crippen molar-refractivity contribution in [3.8, 4) is 0 Å². The number of likely N-dealkylation sites (tertiary alicyclic amines) is 1. The zero-order valence-corrected chi connectivity index (χ0v) is 10.1. The Labute approximate surface area is 96.8 Å². The third kappa shape index (κ3) is 2.44. The first-order valence-corrected chi connectivity index (χ1v) is 6.14. The molecule has 4 nitrogen and oxygen atoms in total. The number of hydrogen-bond donors (Lipinski definition) is 1. The number of oxazole rings is 1. The predicted molar refractivity (Wildman–Crippen MR) is 63.2 cm³/mol. The molecule has 0 aliphatic carbocycles. The van der Waals surface area contributed by atoms with Crippen LogP contribution in [0.3, 0.4) is 0 Å². The third-order valence-corrected chi connectivity index (χ3v) is 3.39. The SMILES string of the molecule is CCN1CCC(c2nc(C(C)N)co2)CC1. The molecule has 0 spiro atoms. The molecule has 1 aliphatic rings. The summed E-state index contributed by atoms with van der Waals surface area (Å²) in [5, 5.41) is 0. The Morgan fingerprint density at radius 1 is 1.56 bits per heavy atom. The molecule has 1 fully saturated rings. The number of piperidine rings is 1. The van der Waals surface area contributed by atoms with Crippen molar-refractivity contribution in [3.05, 3.63) is 17.8 Å². The Hall–Kier alpha value is -0.870. The average molecular weight is 223 g/mol. The number of nitrogens with two attached hydrogens (primary N) is 1. The quantitative estimate of drug-likeness (QED) is 0.850. The first-order valence-electron chi connectivity index (χ1n) is 6.14. The molecular formula is C12H21N3O. The highest BCUT2D eigenvalue weighted by Crippen LogP contribution is 2.27. The molecule has 1 aromatic heterocycles. The smallest absolute Gasteiger partial charge is 0.197 e. The van der Waals surface area contributed by atoms with Gasteiger partial charge >= 0.3 is 0 Å². The monoisotopic (exact) mass is 223 g/mol. The molecule has 0 radical (unpaired) electrons. The van der Waals surface area contributed by atoms with Crippen molar-refractivity contribution in [1.82, 2.24) is 9.88 Å². The van der Waals surface area contributed by atoms with Crippen LogP contribution in [-0.4, -0.2) is 29.5 Å². The second-order valence-electron chi connectivity index (χ2n) is 4.61. The molecule has 1 unspecified atom stereocenters. The van der Waals surface area contributed by atoms with Gasteiger partial charge in [-0.1, -0.05) is 6.92 Å². The fourth-order valence-corrected chi connectivity index (χ4v) is 2.19. The summed E-state index contributed by atoms with van der Waals surface area (Å²) in [5.74, 6) is 1.36. The topological polar surface area (TPSA) is 55.3 Å². The van der Waals surface area contributed by atoms with E-state index in [0.29, 0.717) is 5.92 Å². The lowest BCUT2D eigenvalue weighted by Crippen LogP contribution is -2.32. The van der Waals surface area contributed by atoms with E-state index in [9.17, 15) is 0 Å². The van der Waals surface area contributed by atoms with Gasteiger partial charge in [-0.25, -0.2) is 4.98 Å². The van der Waals surface area contributed by atoms with Crippen LogP contribution in [0.4, 0.5) is 0 Å². The second kappa shape index (κ2) is 4.97. The first-order chi connectivity index (χ1) is 7.70. The van der Waals surface area contributed by atoms with Crippen molar-refractivity contribution in [2.75, 3.05) is 19.6 Å². The van der Waals surface area contributed by atoms with Gasteiger partial charge in [-0.2, -0.15) is 0 Å². The van der Waals surface area contributed by atoms with Crippen molar-refractivity contribution < 1.29 is 4.42 Å². The highest BCUT2D eigenvalue weighted by atomic mass is 16.3. The molecule has 0 aromatic carbocycles. The third-order valence-electron chi connectivity index (χ3n) is 3.39. The van der Waals surface area contributed by atoms with E-state index >= 15 is 0 Å². The summed E-state index contributed by atoms with van der Waals surface area (Å²) in [6, 6.07) is -0.0340. The Morgan fingerprint density at radius 2 is 2.25 bits per heavy atom. The van der Waals surface area contributed by atoms with Crippen LogP contribution in [0.5, 0.6) is 0 Å². The number of aromatic nitrogens is 1. The largest absolute Gasteiger partial charge is 0.448 e. The van der Waals surface area contributed by atoms with Crippen LogP contribution in [0.25, 0.3) is 0 Å². The van der Waals surface area contributed by atoms with Gasteiger partial charge in [0, 0.05) is 12.0 Å². The van der Waals surface area contributed by atoms with Gasteiger partial charge in [0.1, 0.15) is 6.26 Å². The van der Waals surface area contributed by atoms with Gasteiger partial charge in [0.05, 0.1) is 5.69 Å². The normalized spacial score (nSPS) is 21.2. The van der Waals surface area contributed by atoms with E-state index in [0.717, 1.165) is 44.1 Å². The van der Waals surface area contributed by atoms with Gasteiger partial charge in [-0.05, 0) is 39.4 Å². The molecular weight excluding hydrogens is 202 g/mol. The van der Waals surface area contributed by atoms with E-state index in [1.54, 1.807) is 6.26 Å². The molecule has 2 rings (SSSR count). The van der Waals surface area contributed by atoms with Gasteiger partial charge < -0.3 is 15.1 Å². The Morgan fingerprint density at radius 3 is 2.75 bits per heavy atom. The zero-order valence-electron chi connectivity index (χ0n) is 10.1. The lowest BCUT2D eigenvalue weighted by atomic mass is 9.97. The van der Waals surface area contributed by atoms with Crippen LogP contribution in [0.15, 0.2) is 10.7 Å². The summed E-state index contributed by atoms with van der Waals surface area (Å²) in [6.45, 7) is 7.58. The minimum Gasteiger partial charge on any atom is -0.448 e. The number of nitrogens with zero attached hydrogens (tertiary/aromatic N) is 2. The van der Waals surface area contributed by atoms with Crippen LogP contribution < -0.4 is 5.73 Å². The molecule has 4 heteroatoms.